The minimum atomic E-state index is -1.29. The standard InChI is InChI=1S/C34H65N3O7/c1-21-15-34(9,41-13)29(44-30-27(38)25(35(10)11)14-22(2)43-30)23(3)28(39)33(7,8)31(40)42-19-26(36(12)16-21)24-17-37(18-24)20-32(4,5)6/h21-27,29-31,38,40H,14-20H2,1-13H3/t21-,22-,23+,25+,26+,27-,29-,30+,31?,34-/m1/s1. The highest BCUT2D eigenvalue weighted by Gasteiger charge is 2.51. The molecule has 0 aromatic carbocycles. The number of hydrogen-bond donors (Lipinski definition) is 2. The van der Waals surface area contributed by atoms with E-state index in [1.807, 2.05) is 39.8 Å². The summed E-state index contributed by atoms with van der Waals surface area (Å²) in [6, 6.07) is -0.0520. The number of methoxy groups -OCH3 is 1. The van der Waals surface area contributed by atoms with Crippen LogP contribution in [-0.2, 0) is 23.7 Å². The van der Waals surface area contributed by atoms with Crippen LogP contribution in [0.15, 0.2) is 0 Å². The van der Waals surface area contributed by atoms with Gasteiger partial charge in [-0.05, 0) is 73.0 Å². The quantitative estimate of drug-likeness (QED) is 0.457. The van der Waals surface area contributed by atoms with Crippen LogP contribution in [0.25, 0.3) is 0 Å². The summed E-state index contributed by atoms with van der Waals surface area (Å²) in [6.07, 6.45) is -2.71. The van der Waals surface area contributed by atoms with Gasteiger partial charge in [-0.15, -0.1) is 0 Å². The van der Waals surface area contributed by atoms with Crippen LogP contribution < -0.4 is 0 Å². The molecule has 3 aliphatic heterocycles. The van der Waals surface area contributed by atoms with Crippen LogP contribution in [0.1, 0.15) is 75.2 Å². The summed E-state index contributed by atoms with van der Waals surface area (Å²) in [5, 5.41) is 22.7. The largest absolute Gasteiger partial charge is 0.386 e. The van der Waals surface area contributed by atoms with Gasteiger partial charge in [0.15, 0.2) is 12.6 Å². The normalized spacial score (nSPS) is 41.1. The third-order valence-corrected chi connectivity index (χ3v) is 10.3. The number of nitrogens with zero attached hydrogens (tertiary/aromatic N) is 3. The van der Waals surface area contributed by atoms with Crippen molar-refractivity contribution in [2.45, 2.75) is 124 Å². The fourth-order valence-electron chi connectivity index (χ4n) is 7.81. The SMILES string of the molecule is CO[C@]1(C)C[C@@H](C)CN(C)[C@H](C2CN(CC(C)(C)C)C2)COC(O)C(C)(C)C(=O)[C@H](C)[C@H]1O[C@@H]1O[C@H](C)C[C@H](N(C)C)[C@H]1O. The van der Waals surface area contributed by atoms with E-state index >= 15 is 0 Å². The molecule has 3 rings (SSSR count). The van der Waals surface area contributed by atoms with Gasteiger partial charge in [-0.1, -0.05) is 34.6 Å². The number of aliphatic hydroxyl groups excluding tert-OH is 2. The van der Waals surface area contributed by atoms with Crippen molar-refractivity contribution in [1.29, 1.82) is 0 Å². The molecule has 44 heavy (non-hydrogen) atoms. The van der Waals surface area contributed by atoms with Crippen LogP contribution in [0, 0.1) is 28.6 Å². The molecule has 10 heteroatoms. The van der Waals surface area contributed by atoms with Gasteiger partial charge in [0, 0.05) is 57.2 Å². The zero-order valence-electron chi connectivity index (χ0n) is 30.0. The molecule has 3 aliphatic rings. The van der Waals surface area contributed by atoms with E-state index in [0.29, 0.717) is 25.4 Å². The number of rotatable bonds is 6. The first-order valence-corrected chi connectivity index (χ1v) is 16.7. The first-order chi connectivity index (χ1) is 20.2. The van der Waals surface area contributed by atoms with Crippen molar-refractivity contribution in [3.05, 3.63) is 0 Å². The van der Waals surface area contributed by atoms with Crippen LogP contribution in [0.4, 0.5) is 0 Å². The zero-order chi connectivity index (χ0) is 33.4. The summed E-state index contributed by atoms with van der Waals surface area (Å²) >= 11 is 0. The molecule has 0 bridgehead atoms. The molecule has 258 valence electrons. The summed E-state index contributed by atoms with van der Waals surface area (Å²) in [5.41, 5.74) is -1.85. The van der Waals surface area contributed by atoms with E-state index in [1.165, 1.54) is 0 Å². The Morgan fingerprint density at radius 2 is 1.68 bits per heavy atom. The predicted molar refractivity (Wildman–Crippen MR) is 172 cm³/mol. The number of ketones is 1. The lowest BCUT2D eigenvalue weighted by atomic mass is 9.74. The van der Waals surface area contributed by atoms with E-state index in [1.54, 1.807) is 21.0 Å². The molecule has 0 amide bonds. The lowest BCUT2D eigenvalue weighted by Gasteiger charge is -2.49. The molecule has 0 aromatic heterocycles. The summed E-state index contributed by atoms with van der Waals surface area (Å²) in [4.78, 5) is 21.1. The van der Waals surface area contributed by atoms with E-state index in [0.717, 1.165) is 26.2 Å². The van der Waals surface area contributed by atoms with Gasteiger partial charge >= 0.3 is 0 Å². The van der Waals surface area contributed by atoms with Gasteiger partial charge in [0.25, 0.3) is 0 Å². The number of aliphatic hydroxyl groups is 2. The average Bonchev–Trinajstić information content (AvgIpc) is 2.89. The van der Waals surface area contributed by atoms with Gasteiger partial charge in [0.05, 0.1) is 29.8 Å². The highest BCUT2D eigenvalue weighted by atomic mass is 16.7. The summed E-state index contributed by atoms with van der Waals surface area (Å²) in [7, 11) is 7.67. The second-order valence-electron chi connectivity index (χ2n) is 16.5. The molecular weight excluding hydrogens is 562 g/mol. The minimum Gasteiger partial charge on any atom is -0.386 e. The predicted octanol–water partition coefficient (Wildman–Crippen LogP) is 3.09. The highest BCUT2D eigenvalue weighted by Crippen LogP contribution is 2.39. The lowest BCUT2D eigenvalue weighted by Crippen LogP contribution is -2.59. The van der Waals surface area contributed by atoms with Crippen molar-refractivity contribution in [1.82, 2.24) is 14.7 Å². The van der Waals surface area contributed by atoms with Crippen molar-refractivity contribution in [3.63, 3.8) is 0 Å². The minimum absolute atomic E-state index is 0.100. The first kappa shape index (κ1) is 37.8. The van der Waals surface area contributed by atoms with Crippen molar-refractivity contribution in [3.8, 4) is 0 Å². The Morgan fingerprint density at radius 3 is 2.23 bits per heavy atom. The number of likely N-dealkylation sites (N-methyl/N-ethyl adjacent to an activating group) is 2. The van der Waals surface area contributed by atoms with Crippen molar-refractivity contribution >= 4 is 5.78 Å². The molecule has 3 saturated heterocycles. The second-order valence-corrected chi connectivity index (χ2v) is 16.5. The Balaban J connectivity index is 1.93. The van der Waals surface area contributed by atoms with Crippen molar-refractivity contribution in [2.24, 2.45) is 28.6 Å². The first-order valence-electron chi connectivity index (χ1n) is 16.7. The molecule has 3 heterocycles. The molecule has 2 N–H and O–H groups in total. The molecular formula is C34H65N3O7. The Morgan fingerprint density at radius 1 is 1.07 bits per heavy atom. The monoisotopic (exact) mass is 627 g/mol. The maximum atomic E-state index is 14.3. The van der Waals surface area contributed by atoms with Crippen LogP contribution in [0.5, 0.6) is 0 Å². The lowest BCUT2D eigenvalue weighted by molar-refractivity contribution is -0.296. The fourth-order valence-corrected chi connectivity index (χ4v) is 7.81. The molecule has 0 spiro atoms. The average molecular weight is 628 g/mol. The smallest absolute Gasteiger partial charge is 0.185 e. The van der Waals surface area contributed by atoms with Crippen LogP contribution >= 0.6 is 0 Å². The van der Waals surface area contributed by atoms with E-state index in [4.69, 9.17) is 18.9 Å². The van der Waals surface area contributed by atoms with E-state index in [2.05, 4.69) is 44.5 Å². The highest BCUT2D eigenvalue weighted by molar-refractivity contribution is 5.87. The number of carbonyl (C=O) groups is 1. The summed E-state index contributed by atoms with van der Waals surface area (Å²) in [6.45, 7) is 22.4. The van der Waals surface area contributed by atoms with Gasteiger partial charge in [-0.2, -0.15) is 0 Å². The molecule has 0 radical (unpaired) electrons. The zero-order valence-corrected chi connectivity index (χ0v) is 30.0. The van der Waals surface area contributed by atoms with Gasteiger partial charge in [-0.25, -0.2) is 0 Å². The Bertz CT molecular complexity index is 936. The topological polar surface area (TPSA) is 104 Å². The number of ether oxygens (including phenoxy) is 4. The van der Waals surface area contributed by atoms with Crippen molar-refractivity contribution < 1.29 is 34.0 Å². The summed E-state index contributed by atoms with van der Waals surface area (Å²) in [5.74, 6) is -0.266. The maximum absolute atomic E-state index is 14.3. The van der Waals surface area contributed by atoms with Gasteiger partial charge in [0.1, 0.15) is 11.9 Å². The molecule has 10 atom stereocenters. The number of Topliss-reactive ketones (excluding diaryl/α,β-unsaturated/α-hetero) is 1. The third-order valence-electron chi connectivity index (χ3n) is 10.3. The third kappa shape index (κ3) is 8.81. The maximum Gasteiger partial charge on any atom is 0.185 e. The van der Waals surface area contributed by atoms with Crippen LogP contribution in [0.3, 0.4) is 0 Å². The fraction of sp³-hybridized carbons (Fsp3) is 0.971. The van der Waals surface area contributed by atoms with Gasteiger partial charge in [0.2, 0.25) is 0 Å². The van der Waals surface area contributed by atoms with Crippen molar-refractivity contribution in [2.75, 3.05) is 61.0 Å². The van der Waals surface area contributed by atoms with Crippen LogP contribution in [-0.4, -0.2) is 140 Å². The van der Waals surface area contributed by atoms with E-state index < -0.39 is 41.7 Å². The Kier molecular flexibility index (Phi) is 12.5. The van der Waals surface area contributed by atoms with Gasteiger partial charge < -0.3 is 43.9 Å². The van der Waals surface area contributed by atoms with Gasteiger partial charge in [-0.3, -0.25) is 4.79 Å². The second kappa shape index (κ2) is 14.6. The number of carbonyl (C=O) groups excluding carboxylic acids is 1. The van der Waals surface area contributed by atoms with E-state index in [-0.39, 0.29) is 35.3 Å². The molecule has 10 nitrogen and oxygen atoms in total. The molecule has 1 unspecified atom stereocenters. The number of hydrogen-bond acceptors (Lipinski definition) is 10. The summed E-state index contributed by atoms with van der Waals surface area (Å²) < 4.78 is 25.2. The van der Waals surface area contributed by atoms with E-state index in [9.17, 15) is 15.0 Å². The molecule has 0 aromatic rings. The van der Waals surface area contributed by atoms with Crippen LogP contribution in [0.2, 0.25) is 0 Å². The Labute approximate surface area is 267 Å². The Hall–Kier alpha value is -0.690. The number of likely N-dealkylation sites (tertiary alicyclic amines) is 1. The molecule has 0 saturated carbocycles. The molecule has 3 fully saturated rings. The molecule has 0 aliphatic carbocycles.